The fourth-order valence-electron chi connectivity index (χ4n) is 1.15. The van der Waals surface area contributed by atoms with Crippen LogP contribution < -0.4 is 5.73 Å². The highest BCUT2D eigenvalue weighted by molar-refractivity contribution is 5.29. The normalized spacial score (nSPS) is 16.1. The van der Waals surface area contributed by atoms with Crippen LogP contribution in [-0.4, -0.2) is 11.5 Å². The zero-order valence-electron chi connectivity index (χ0n) is 7.27. The number of hydrogen-bond acceptors (Lipinski definition) is 3. The van der Waals surface area contributed by atoms with Crippen molar-refractivity contribution < 1.29 is 4.92 Å². The standard InChI is InChI=1S/C9H12N2O2/c10-7-6-8-2-1-3-9(5-4-8)11(12)13/h2-5H,1,6-7,10H2. The highest BCUT2D eigenvalue weighted by Gasteiger charge is 2.07. The average Bonchev–Trinajstić information content (AvgIpc) is 2.30. The van der Waals surface area contributed by atoms with Gasteiger partial charge < -0.3 is 5.73 Å². The fraction of sp³-hybridized carbons (Fsp3) is 0.333. The third-order valence-corrected chi connectivity index (χ3v) is 1.82. The lowest BCUT2D eigenvalue weighted by Crippen LogP contribution is -1.99. The van der Waals surface area contributed by atoms with E-state index in [1.807, 2.05) is 6.08 Å². The second kappa shape index (κ2) is 4.57. The van der Waals surface area contributed by atoms with Crippen LogP contribution in [0.1, 0.15) is 12.8 Å². The molecule has 4 nitrogen and oxygen atoms in total. The zero-order valence-corrected chi connectivity index (χ0v) is 7.27. The summed E-state index contributed by atoms with van der Waals surface area (Å²) in [6.07, 6.45) is 8.22. The van der Waals surface area contributed by atoms with Gasteiger partial charge in [0.15, 0.2) is 0 Å². The Morgan fingerprint density at radius 2 is 2.23 bits per heavy atom. The number of nitro groups is 1. The summed E-state index contributed by atoms with van der Waals surface area (Å²) in [5.41, 5.74) is 6.60. The lowest BCUT2D eigenvalue weighted by molar-refractivity contribution is -0.419. The summed E-state index contributed by atoms with van der Waals surface area (Å²) in [6.45, 7) is 0.573. The summed E-state index contributed by atoms with van der Waals surface area (Å²) >= 11 is 0. The largest absolute Gasteiger partial charge is 0.330 e. The van der Waals surface area contributed by atoms with E-state index in [-0.39, 0.29) is 10.6 Å². The number of hydrogen-bond donors (Lipinski definition) is 1. The van der Waals surface area contributed by atoms with E-state index in [0.717, 1.165) is 12.0 Å². The summed E-state index contributed by atoms with van der Waals surface area (Å²) in [4.78, 5) is 10.0. The number of rotatable bonds is 3. The van der Waals surface area contributed by atoms with Gasteiger partial charge in [0.25, 0.3) is 5.70 Å². The maximum atomic E-state index is 10.4. The molecule has 0 spiro atoms. The minimum absolute atomic E-state index is 0.156. The second-order valence-corrected chi connectivity index (χ2v) is 2.77. The first-order chi connectivity index (χ1) is 6.24. The van der Waals surface area contributed by atoms with Crippen molar-refractivity contribution in [3.63, 3.8) is 0 Å². The molecule has 0 aromatic heterocycles. The van der Waals surface area contributed by atoms with Gasteiger partial charge in [-0.3, -0.25) is 10.1 Å². The van der Waals surface area contributed by atoms with Crippen molar-refractivity contribution in [2.24, 2.45) is 5.73 Å². The first-order valence-electron chi connectivity index (χ1n) is 4.16. The smallest absolute Gasteiger partial charge is 0.265 e. The van der Waals surface area contributed by atoms with Crippen molar-refractivity contribution in [3.8, 4) is 0 Å². The van der Waals surface area contributed by atoms with Crippen LogP contribution in [0.2, 0.25) is 0 Å². The quantitative estimate of drug-likeness (QED) is 0.527. The highest BCUT2D eigenvalue weighted by atomic mass is 16.6. The summed E-state index contributed by atoms with van der Waals surface area (Å²) in [7, 11) is 0. The fourth-order valence-corrected chi connectivity index (χ4v) is 1.15. The lowest BCUT2D eigenvalue weighted by Gasteiger charge is -1.95. The van der Waals surface area contributed by atoms with E-state index in [4.69, 9.17) is 5.73 Å². The Kier molecular flexibility index (Phi) is 3.40. The van der Waals surface area contributed by atoms with Crippen molar-refractivity contribution in [1.82, 2.24) is 0 Å². The van der Waals surface area contributed by atoms with Gasteiger partial charge in [-0.1, -0.05) is 17.7 Å². The molecule has 0 atom stereocenters. The molecular formula is C9H12N2O2. The second-order valence-electron chi connectivity index (χ2n) is 2.77. The summed E-state index contributed by atoms with van der Waals surface area (Å²) in [6, 6.07) is 0. The van der Waals surface area contributed by atoms with E-state index in [9.17, 15) is 10.1 Å². The van der Waals surface area contributed by atoms with Gasteiger partial charge in [0.05, 0.1) is 4.92 Å². The first-order valence-corrected chi connectivity index (χ1v) is 4.16. The Hall–Kier alpha value is -1.42. The van der Waals surface area contributed by atoms with Crippen LogP contribution in [0.5, 0.6) is 0 Å². The monoisotopic (exact) mass is 180 g/mol. The van der Waals surface area contributed by atoms with E-state index in [2.05, 4.69) is 0 Å². The van der Waals surface area contributed by atoms with Crippen LogP contribution in [0.4, 0.5) is 0 Å². The van der Waals surface area contributed by atoms with Gasteiger partial charge in [-0.05, 0) is 25.5 Å². The molecule has 1 aliphatic rings. The van der Waals surface area contributed by atoms with Gasteiger partial charge in [-0.2, -0.15) is 0 Å². The maximum Gasteiger partial charge on any atom is 0.265 e. The van der Waals surface area contributed by atoms with E-state index < -0.39 is 0 Å². The van der Waals surface area contributed by atoms with Crippen LogP contribution in [-0.2, 0) is 0 Å². The number of nitrogens with zero attached hydrogens (tertiary/aromatic N) is 1. The Morgan fingerprint density at radius 1 is 1.46 bits per heavy atom. The van der Waals surface area contributed by atoms with Crippen molar-refractivity contribution in [1.29, 1.82) is 0 Å². The SMILES string of the molecule is NCCC1=CCC=C([N+](=O)[O-])C=C1. The molecule has 0 unspecified atom stereocenters. The minimum Gasteiger partial charge on any atom is -0.330 e. The summed E-state index contributed by atoms with van der Waals surface area (Å²) in [5, 5.41) is 10.4. The van der Waals surface area contributed by atoms with Crippen LogP contribution in [0.25, 0.3) is 0 Å². The van der Waals surface area contributed by atoms with Crippen molar-refractivity contribution in [2.75, 3.05) is 6.54 Å². The topological polar surface area (TPSA) is 69.2 Å². The third kappa shape index (κ3) is 2.83. The summed E-state index contributed by atoms with van der Waals surface area (Å²) in [5.74, 6) is 0. The van der Waals surface area contributed by atoms with Crippen molar-refractivity contribution >= 4 is 0 Å². The Bertz CT molecular complexity index is 290. The lowest BCUT2D eigenvalue weighted by atomic mass is 10.1. The van der Waals surface area contributed by atoms with Gasteiger partial charge in [0.1, 0.15) is 0 Å². The molecule has 0 radical (unpaired) electrons. The zero-order chi connectivity index (χ0) is 9.68. The molecule has 70 valence electrons. The summed E-state index contributed by atoms with van der Waals surface area (Å²) < 4.78 is 0. The predicted octanol–water partition coefficient (Wildman–Crippen LogP) is 1.38. The molecular weight excluding hydrogens is 168 g/mol. The molecule has 1 aliphatic carbocycles. The molecule has 0 aromatic rings. The Morgan fingerprint density at radius 3 is 2.85 bits per heavy atom. The van der Waals surface area contributed by atoms with Gasteiger partial charge in [0.2, 0.25) is 0 Å². The molecule has 2 N–H and O–H groups in total. The van der Waals surface area contributed by atoms with E-state index in [1.165, 1.54) is 6.08 Å². The van der Waals surface area contributed by atoms with Crippen LogP contribution in [0, 0.1) is 10.1 Å². The molecule has 0 fully saturated rings. The average molecular weight is 180 g/mol. The molecule has 0 amide bonds. The van der Waals surface area contributed by atoms with Crippen molar-refractivity contribution in [3.05, 3.63) is 45.7 Å². The molecule has 0 saturated heterocycles. The molecule has 0 heterocycles. The molecule has 1 rings (SSSR count). The van der Waals surface area contributed by atoms with Gasteiger partial charge in [0, 0.05) is 6.08 Å². The van der Waals surface area contributed by atoms with Crippen LogP contribution >= 0.6 is 0 Å². The van der Waals surface area contributed by atoms with Crippen LogP contribution in [0.3, 0.4) is 0 Å². The number of nitrogens with two attached hydrogens (primary N) is 1. The number of allylic oxidation sites excluding steroid dienone is 4. The predicted molar refractivity (Wildman–Crippen MR) is 50.6 cm³/mol. The van der Waals surface area contributed by atoms with Gasteiger partial charge in [-0.25, -0.2) is 0 Å². The van der Waals surface area contributed by atoms with E-state index in [0.29, 0.717) is 13.0 Å². The van der Waals surface area contributed by atoms with Crippen LogP contribution in [0.15, 0.2) is 35.6 Å². The molecule has 0 bridgehead atoms. The van der Waals surface area contributed by atoms with Crippen molar-refractivity contribution in [2.45, 2.75) is 12.8 Å². The Balaban J connectivity index is 2.68. The maximum absolute atomic E-state index is 10.4. The molecule has 4 heteroatoms. The molecule has 0 aliphatic heterocycles. The highest BCUT2D eigenvalue weighted by Crippen LogP contribution is 2.12. The molecule has 13 heavy (non-hydrogen) atoms. The van der Waals surface area contributed by atoms with E-state index >= 15 is 0 Å². The minimum atomic E-state index is -0.379. The first kappa shape index (κ1) is 9.67. The molecule has 0 aromatic carbocycles. The third-order valence-electron chi connectivity index (χ3n) is 1.82. The van der Waals surface area contributed by atoms with E-state index in [1.54, 1.807) is 12.2 Å². The Labute approximate surface area is 76.6 Å². The van der Waals surface area contributed by atoms with Gasteiger partial charge in [-0.15, -0.1) is 0 Å². The molecule has 0 saturated carbocycles. The van der Waals surface area contributed by atoms with Gasteiger partial charge >= 0.3 is 0 Å².